The molecule has 0 saturated carbocycles. The maximum absolute atomic E-state index is 13.3. The maximum atomic E-state index is 13.3. The number of rotatable bonds is 11. The summed E-state index contributed by atoms with van der Waals surface area (Å²) < 4.78 is 46.2. The van der Waals surface area contributed by atoms with Gasteiger partial charge in [0, 0.05) is 60.9 Å². The number of carbonyl (C=O) groups is 1. The van der Waals surface area contributed by atoms with Crippen LogP contribution >= 0.6 is 0 Å². The number of furan rings is 1. The first-order valence-electron chi connectivity index (χ1n) is 19.9. The van der Waals surface area contributed by atoms with Crippen molar-refractivity contribution in [3.63, 3.8) is 0 Å². The van der Waals surface area contributed by atoms with Crippen molar-refractivity contribution < 1.29 is 47.6 Å². The van der Waals surface area contributed by atoms with E-state index < -0.39 is 11.6 Å². The molecule has 4 nitrogen and oxygen atoms in total. The molecule has 0 aliphatic rings. The summed E-state index contributed by atoms with van der Waals surface area (Å²) in [6.45, 7) is 25.6. The third kappa shape index (κ3) is 11.5. The van der Waals surface area contributed by atoms with Crippen molar-refractivity contribution in [2.75, 3.05) is 0 Å². The van der Waals surface area contributed by atoms with E-state index in [9.17, 15) is 23.1 Å². The van der Waals surface area contributed by atoms with Crippen LogP contribution in [0.5, 0.6) is 0 Å². The number of pyridine rings is 1. The Balaban J connectivity index is 0.000000372. The summed E-state index contributed by atoms with van der Waals surface area (Å²) >= 11 is 0. The van der Waals surface area contributed by atoms with Gasteiger partial charge in [0.05, 0.1) is 11.2 Å². The van der Waals surface area contributed by atoms with Crippen LogP contribution in [0.4, 0.5) is 13.2 Å². The number of allylic oxidation sites excluding steroid dienone is 2. The van der Waals surface area contributed by atoms with Crippen molar-refractivity contribution >= 4 is 27.5 Å². The number of aromatic nitrogens is 1. The molecule has 0 aliphatic carbocycles. The Bertz CT molecular complexity index is 2120. The summed E-state index contributed by atoms with van der Waals surface area (Å²) in [6.07, 6.45) is -1.10. The van der Waals surface area contributed by atoms with Gasteiger partial charge in [-0.15, -0.1) is 29.1 Å². The second-order valence-corrected chi connectivity index (χ2v) is 18.3. The number of hydrogen-bond acceptors (Lipinski definition) is 4. The van der Waals surface area contributed by atoms with Crippen molar-refractivity contribution in [1.82, 2.24) is 4.98 Å². The molecular weight excluding hydrogens is 900 g/mol. The van der Waals surface area contributed by atoms with Crippen molar-refractivity contribution in [2.24, 2.45) is 40.9 Å². The van der Waals surface area contributed by atoms with Crippen LogP contribution in [-0.4, -0.2) is 22.1 Å². The van der Waals surface area contributed by atoms with Gasteiger partial charge in [-0.25, -0.2) is 0 Å². The monoisotopic (exact) mass is 961 g/mol. The van der Waals surface area contributed by atoms with Gasteiger partial charge in [0.15, 0.2) is 5.78 Å². The van der Waals surface area contributed by atoms with Crippen LogP contribution < -0.4 is 0 Å². The third-order valence-corrected chi connectivity index (χ3v) is 10.8. The van der Waals surface area contributed by atoms with E-state index in [2.05, 4.69) is 105 Å². The third-order valence-electron chi connectivity index (χ3n) is 10.8. The zero-order chi connectivity index (χ0) is 41.9. The van der Waals surface area contributed by atoms with Crippen LogP contribution in [0.2, 0.25) is 0 Å². The molecule has 1 N–H and O–H groups in total. The minimum atomic E-state index is -4.26. The maximum Gasteiger partial charge on any atom is 0.394 e. The summed E-state index contributed by atoms with van der Waals surface area (Å²) in [5.74, 6) is 2.27. The van der Waals surface area contributed by atoms with Gasteiger partial charge in [0.25, 0.3) is 0 Å². The fourth-order valence-electron chi connectivity index (χ4n) is 7.89. The number of carbonyl (C=O) groups excluding carboxylic acids is 1. The van der Waals surface area contributed by atoms with Crippen molar-refractivity contribution in [3.05, 3.63) is 102 Å². The van der Waals surface area contributed by atoms with Gasteiger partial charge < -0.3 is 9.52 Å². The van der Waals surface area contributed by atoms with Crippen molar-refractivity contribution in [1.29, 1.82) is 0 Å². The molecule has 5 rings (SSSR count). The average molecular weight is 961 g/mol. The normalized spacial score (nSPS) is 13.0. The molecule has 1 radical (unpaired) electrons. The number of nitrogens with zero attached hydrogens (tertiary/aromatic N) is 1. The topological polar surface area (TPSA) is 63.3 Å². The van der Waals surface area contributed by atoms with E-state index in [0.717, 1.165) is 21.9 Å². The van der Waals surface area contributed by atoms with E-state index >= 15 is 0 Å². The number of benzene rings is 3. The molecule has 8 heteroatoms. The molecule has 0 bridgehead atoms. The minimum Gasteiger partial charge on any atom is -0.512 e. The number of aliphatic hydroxyl groups excluding tert-OH is 1. The fraction of sp³-hybridized carbons (Fsp3) is 0.469. The average Bonchev–Trinajstić information content (AvgIpc) is 3.51. The SMILES string of the molecule is CC(C)(C)c1cc(-c2nccc3cc(-c4ccc(CC(C)(C)C(F)(F)F)cc4)oc23)[c-]c2ccccc12.CC(C)C(C(=O)/C=C(\O)C(C(C)C)C(C)C)C(C)C.[Ir]. The molecule has 0 spiro atoms. The van der Waals surface area contributed by atoms with Crippen molar-refractivity contribution in [2.45, 2.75) is 108 Å². The largest absolute Gasteiger partial charge is 0.512 e. The molecule has 2 heterocycles. The van der Waals surface area contributed by atoms with Gasteiger partial charge in [0.2, 0.25) is 0 Å². The van der Waals surface area contributed by atoms with Crippen LogP contribution in [-0.2, 0) is 36.7 Å². The number of ketones is 1. The van der Waals surface area contributed by atoms with Gasteiger partial charge in [-0.1, -0.05) is 143 Å². The molecule has 0 amide bonds. The molecule has 311 valence electrons. The van der Waals surface area contributed by atoms with E-state index in [0.29, 0.717) is 46.3 Å². The Hall–Kier alpha value is -3.74. The number of alkyl halides is 3. The number of aliphatic hydroxyl groups is 1. The Morgan fingerprint density at radius 2 is 1.37 bits per heavy atom. The summed E-state index contributed by atoms with van der Waals surface area (Å²) in [5, 5.41) is 13.4. The van der Waals surface area contributed by atoms with Crippen LogP contribution in [0, 0.1) is 47.0 Å². The van der Waals surface area contributed by atoms with Crippen LogP contribution in [0.1, 0.15) is 101 Å². The van der Waals surface area contributed by atoms with Crippen molar-refractivity contribution in [3.8, 4) is 22.6 Å². The molecule has 57 heavy (non-hydrogen) atoms. The van der Waals surface area contributed by atoms with E-state index in [1.807, 2.05) is 36.4 Å². The molecule has 3 aromatic carbocycles. The van der Waals surface area contributed by atoms with Crippen LogP contribution in [0.15, 0.2) is 89.2 Å². The Labute approximate surface area is 352 Å². The van der Waals surface area contributed by atoms with E-state index in [1.165, 1.54) is 30.9 Å². The molecule has 0 fully saturated rings. The predicted molar refractivity (Wildman–Crippen MR) is 226 cm³/mol. The Kier molecular flexibility index (Phi) is 15.8. The molecule has 0 unspecified atom stereocenters. The Morgan fingerprint density at radius 3 is 1.89 bits per heavy atom. The first-order chi connectivity index (χ1) is 25.9. The predicted octanol–water partition coefficient (Wildman–Crippen LogP) is 14.4. The number of hydrogen-bond donors (Lipinski definition) is 1. The van der Waals surface area contributed by atoms with E-state index in [4.69, 9.17) is 4.42 Å². The molecule has 0 atom stereocenters. The Morgan fingerprint density at radius 1 is 0.807 bits per heavy atom. The van der Waals surface area contributed by atoms with Gasteiger partial charge in [-0.2, -0.15) is 13.2 Å². The molecule has 0 saturated heterocycles. The van der Waals surface area contributed by atoms with Gasteiger partial charge in [0.1, 0.15) is 11.3 Å². The van der Waals surface area contributed by atoms with Gasteiger partial charge in [-0.3, -0.25) is 9.78 Å². The molecular formula is C49H61F3IrNO3-. The summed E-state index contributed by atoms with van der Waals surface area (Å²) in [4.78, 5) is 17.0. The number of halogens is 3. The number of fused-ring (bicyclic) bond motifs is 2. The zero-order valence-corrected chi connectivity index (χ0v) is 38.3. The van der Waals surface area contributed by atoms with Gasteiger partial charge >= 0.3 is 6.18 Å². The minimum absolute atomic E-state index is 0. The fourth-order valence-corrected chi connectivity index (χ4v) is 7.89. The first-order valence-corrected chi connectivity index (χ1v) is 19.9. The molecule has 5 aromatic rings. The van der Waals surface area contributed by atoms with Crippen LogP contribution in [0.25, 0.3) is 44.3 Å². The second-order valence-electron chi connectivity index (χ2n) is 18.3. The quantitative estimate of drug-likeness (QED) is 0.0814. The second kappa shape index (κ2) is 18.9. The summed E-state index contributed by atoms with van der Waals surface area (Å²) in [7, 11) is 0. The molecule has 0 aliphatic heterocycles. The summed E-state index contributed by atoms with van der Waals surface area (Å²) in [5.41, 5.74) is 3.00. The van der Waals surface area contributed by atoms with E-state index in [1.54, 1.807) is 18.3 Å². The smallest absolute Gasteiger partial charge is 0.394 e. The first kappa shape index (κ1) is 47.6. The standard InChI is InChI=1S/C32H29F3NO.C17H32O2.Ir/c1-30(2,3)26-17-24(16-22-8-6-7-9-25(22)26)28-29-23(14-15-36-28)18-27(37-29)21-12-10-20(11-13-21)19-31(4,5)32(33,34)35;1-10(2)16(11(3)4)14(18)9-15(19)17(12(5)6)13(7)8;/h6-15,17-18H,19H2,1-5H3;9-13,16-18H,1-8H3;/q-1;;/b;14-9-;. The summed E-state index contributed by atoms with van der Waals surface area (Å²) in [6, 6.07) is 24.8. The van der Waals surface area contributed by atoms with Crippen LogP contribution in [0.3, 0.4) is 0 Å². The van der Waals surface area contributed by atoms with Gasteiger partial charge in [-0.05, 0) is 53.2 Å². The van der Waals surface area contributed by atoms with E-state index in [-0.39, 0.29) is 55.3 Å². The zero-order valence-electron chi connectivity index (χ0n) is 35.9. The molecule has 2 aromatic heterocycles.